The van der Waals surface area contributed by atoms with Crippen molar-refractivity contribution in [2.24, 2.45) is 5.92 Å². The van der Waals surface area contributed by atoms with Gasteiger partial charge < -0.3 is 19.9 Å². The van der Waals surface area contributed by atoms with Gasteiger partial charge in [0.25, 0.3) is 5.91 Å². The van der Waals surface area contributed by atoms with Gasteiger partial charge >= 0.3 is 6.61 Å². The number of rotatable bonds is 9. The average Bonchev–Trinajstić information content (AvgIpc) is 3.53. The summed E-state index contributed by atoms with van der Waals surface area (Å²) in [6, 6.07) is 5.80. The number of amides is 2. The van der Waals surface area contributed by atoms with E-state index in [4.69, 9.17) is 16.3 Å². The van der Waals surface area contributed by atoms with Crippen LogP contribution >= 0.6 is 11.6 Å². The normalized spacial score (nSPS) is 15.6. The zero-order valence-electron chi connectivity index (χ0n) is 22.5. The third-order valence-electron chi connectivity index (χ3n) is 6.74. The van der Waals surface area contributed by atoms with Gasteiger partial charge in [0.15, 0.2) is 5.65 Å². The fraction of sp³-hybridized carbons (Fsp3) is 0.370. The Kier molecular flexibility index (Phi) is 8.45. The zero-order valence-corrected chi connectivity index (χ0v) is 23.3. The Morgan fingerprint density at radius 2 is 2.12 bits per heavy atom. The van der Waals surface area contributed by atoms with Crippen LogP contribution in [0.4, 0.5) is 14.5 Å². The fourth-order valence-corrected chi connectivity index (χ4v) is 5.22. The Morgan fingerprint density at radius 1 is 1.29 bits per heavy atom. The topological polar surface area (TPSA) is 110 Å². The number of carbonyl (C=O) groups is 2. The number of hydrogen-bond acceptors (Lipinski definition) is 7. The van der Waals surface area contributed by atoms with Crippen LogP contribution in [0.3, 0.4) is 0 Å². The molecule has 1 N–H and O–H groups in total. The van der Waals surface area contributed by atoms with Gasteiger partial charge in [-0.2, -0.15) is 19.0 Å². The molecule has 1 aliphatic rings. The third-order valence-corrected chi connectivity index (χ3v) is 6.97. The molecular weight excluding hydrogens is 558 g/mol. The van der Waals surface area contributed by atoms with Crippen LogP contribution in [0.2, 0.25) is 5.02 Å². The second kappa shape index (κ2) is 12.2. The van der Waals surface area contributed by atoms with Crippen LogP contribution in [0.25, 0.3) is 16.9 Å². The third kappa shape index (κ3) is 6.63. The molecule has 4 aromatic rings. The maximum Gasteiger partial charge on any atom is 0.387 e. The molecule has 216 valence electrons. The van der Waals surface area contributed by atoms with E-state index in [0.29, 0.717) is 24.7 Å². The van der Waals surface area contributed by atoms with Gasteiger partial charge in [-0.25, -0.2) is 9.50 Å². The molecule has 2 amide bonds. The number of ether oxygens (including phenoxy) is 1. The number of piperidine rings is 1. The summed E-state index contributed by atoms with van der Waals surface area (Å²) in [5, 5.41) is 11.7. The molecule has 3 aromatic heterocycles. The summed E-state index contributed by atoms with van der Waals surface area (Å²) in [5.41, 5.74) is 0.925. The van der Waals surface area contributed by atoms with Crippen LogP contribution in [0, 0.1) is 5.92 Å². The van der Waals surface area contributed by atoms with E-state index < -0.39 is 12.5 Å². The highest BCUT2D eigenvalue weighted by Gasteiger charge is 2.26. The molecule has 0 spiro atoms. The van der Waals surface area contributed by atoms with E-state index in [1.807, 2.05) is 19.0 Å². The molecule has 0 radical (unpaired) electrons. The number of fused-ring (bicyclic) bond motifs is 1. The van der Waals surface area contributed by atoms with E-state index in [2.05, 4.69) is 25.4 Å². The average molecular weight is 587 g/mol. The Hall–Kier alpha value is -4.10. The SMILES string of the molecule is CN(C)CC1CCCN(C(=O)Cn2cc(NC(=O)c3cnn4cccnc34)c(-c3cc(Cl)ccc3OC(F)F)n2)C1. The van der Waals surface area contributed by atoms with Crippen molar-refractivity contribution in [1.29, 1.82) is 0 Å². The van der Waals surface area contributed by atoms with Gasteiger partial charge in [-0.3, -0.25) is 14.3 Å². The molecule has 0 saturated carbocycles. The molecule has 4 heterocycles. The smallest absolute Gasteiger partial charge is 0.387 e. The molecule has 41 heavy (non-hydrogen) atoms. The number of alkyl halides is 2. The maximum atomic E-state index is 13.3. The molecule has 1 unspecified atom stereocenters. The summed E-state index contributed by atoms with van der Waals surface area (Å²) in [5.74, 6) is -0.503. The number of likely N-dealkylation sites (tertiary alicyclic amines) is 1. The Morgan fingerprint density at radius 3 is 2.90 bits per heavy atom. The Bertz CT molecular complexity index is 1560. The van der Waals surface area contributed by atoms with Crippen molar-refractivity contribution in [3.63, 3.8) is 0 Å². The quantitative estimate of drug-likeness (QED) is 0.317. The van der Waals surface area contributed by atoms with Crippen molar-refractivity contribution < 1.29 is 23.1 Å². The number of nitrogens with zero attached hydrogens (tertiary/aromatic N) is 7. The van der Waals surface area contributed by atoms with Gasteiger partial charge in [-0.1, -0.05) is 11.6 Å². The summed E-state index contributed by atoms with van der Waals surface area (Å²) in [7, 11) is 4.01. The van der Waals surface area contributed by atoms with Crippen LogP contribution in [-0.4, -0.2) is 86.3 Å². The van der Waals surface area contributed by atoms with Gasteiger partial charge in [-0.05, 0) is 57.1 Å². The van der Waals surface area contributed by atoms with Crippen molar-refractivity contribution in [2.45, 2.75) is 26.0 Å². The minimum atomic E-state index is -3.10. The number of aromatic nitrogens is 5. The summed E-state index contributed by atoms with van der Waals surface area (Å²) >= 11 is 6.20. The van der Waals surface area contributed by atoms with E-state index in [9.17, 15) is 18.4 Å². The summed E-state index contributed by atoms with van der Waals surface area (Å²) in [6.45, 7) is -1.05. The van der Waals surface area contributed by atoms with Gasteiger partial charge in [0, 0.05) is 48.8 Å². The molecule has 1 fully saturated rings. The maximum absolute atomic E-state index is 13.3. The van der Waals surface area contributed by atoms with Crippen molar-refractivity contribution in [3.05, 3.63) is 59.6 Å². The first-order chi connectivity index (χ1) is 19.7. The molecule has 1 saturated heterocycles. The highest BCUT2D eigenvalue weighted by atomic mass is 35.5. The van der Waals surface area contributed by atoms with E-state index in [0.717, 1.165) is 19.4 Å². The van der Waals surface area contributed by atoms with Gasteiger partial charge in [0.1, 0.15) is 23.6 Å². The molecule has 5 rings (SSSR count). The molecule has 0 bridgehead atoms. The zero-order chi connectivity index (χ0) is 29.1. The Labute approximate surface area is 239 Å². The first-order valence-electron chi connectivity index (χ1n) is 13.0. The molecule has 1 atom stereocenters. The van der Waals surface area contributed by atoms with Crippen LogP contribution in [0.5, 0.6) is 5.75 Å². The van der Waals surface area contributed by atoms with Crippen molar-refractivity contribution >= 4 is 34.7 Å². The lowest BCUT2D eigenvalue weighted by molar-refractivity contribution is -0.134. The highest BCUT2D eigenvalue weighted by molar-refractivity contribution is 6.31. The van der Waals surface area contributed by atoms with Gasteiger partial charge in [0.05, 0.1) is 11.9 Å². The summed E-state index contributed by atoms with van der Waals surface area (Å²) in [4.78, 5) is 34.7. The van der Waals surface area contributed by atoms with Gasteiger partial charge in [-0.15, -0.1) is 0 Å². The number of hydrogen-bond donors (Lipinski definition) is 1. The van der Waals surface area contributed by atoms with Crippen molar-refractivity contribution in [2.75, 3.05) is 39.0 Å². The van der Waals surface area contributed by atoms with Crippen LogP contribution < -0.4 is 10.1 Å². The van der Waals surface area contributed by atoms with Gasteiger partial charge in [0.2, 0.25) is 5.91 Å². The first kappa shape index (κ1) is 28.4. The minimum Gasteiger partial charge on any atom is -0.434 e. The molecule has 14 heteroatoms. The van der Waals surface area contributed by atoms with E-state index in [-0.39, 0.29) is 45.7 Å². The van der Waals surface area contributed by atoms with Crippen molar-refractivity contribution in [1.82, 2.24) is 34.2 Å². The number of nitrogens with one attached hydrogen (secondary N) is 1. The van der Waals surface area contributed by atoms with Crippen LogP contribution in [0.15, 0.2) is 49.1 Å². The van der Waals surface area contributed by atoms with E-state index in [1.54, 1.807) is 12.3 Å². The lowest BCUT2D eigenvalue weighted by Crippen LogP contribution is -2.44. The Balaban J connectivity index is 1.46. The second-order valence-electron chi connectivity index (χ2n) is 10.1. The van der Waals surface area contributed by atoms with Crippen LogP contribution in [0.1, 0.15) is 23.2 Å². The largest absolute Gasteiger partial charge is 0.434 e. The number of halogens is 3. The molecule has 0 aliphatic carbocycles. The molecule has 1 aromatic carbocycles. The standard InChI is InChI=1S/C27H29ClF2N8O3/c1-35(2)13-17-5-3-9-36(14-17)23(39)16-37-15-21(33-26(40)20-12-32-38-10-4-8-31-25(20)38)24(34-37)19-11-18(28)6-7-22(19)41-27(29)30/h4,6-8,10-12,15,17,27H,3,5,9,13-14,16H2,1-2H3,(H,33,40). The number of carbonyl (C=O) groups excluding carboxylic acids is 2. The van der Waals surface area contributed by atoms with E-state index >= 15 is 0 Å². The lowest BCUT2D eigenvalue weighted by atomic mass is 9.97. The monoisotopic (exact) mass is 586 g/mol. The second-order valence-corrected chi connectivity index (χ2v) is 10.6. The van der Waals surface area contributed by atoms with Crippen molar-refractivity contribution in [3.8, 4) is 17.0 Å². The predicted octanol–water partition coefficient (Wildman–Crippen LogP) is 3.90. The van der Waals surface area contributed by atoms with E-state index in [1.165, 1.54) is 46.0 Å². The number of benzene rings is 1. The highest BCUT2D eigenvalue weighted by Crippen LogP contribution is 2.37. The molecular formula is C27H29ClF2N8O3. The molecule has 11 nitrogen and oxygen atoms in total. The summed E-state index contributed by atoms with van der Waals surface area (Å²) < 4.78 is 34.0. The minimum absolute atomic E-state index is 0.109. The summed E-state index contributed by atoms with van der Waals surface area (Å²) in [6.07, 6.45) is 7.99. The first-order valence-corrected chi connectivity index (χ1v) is 13.4. The molecule has 1 aliphatic heterocycles. The number of anilines is 1. The fourth-order valence-electron chi connectivity index (χ4n) is 5.05. The predicted molar refractivity (Wildman–Crippen MR) is 148 cm³/mol. The van der Waals surface area contributed by atoms with Crippen LogP contribution in [-0.2, 0) is 11.3 Å². The lowest BCUT2D eigenvalue weighted by Gasteiger charge is -2.34.